The molecule has 1 aromatic heterocycles. The van der Waals surface area contributed by atoms with Crippen LogP contribution in [0, 0.1) is 5.92 Å². The summed E-state index contributed by atoms with van der Waals surface area (Å²) in [5.74, 6) is 1.28. The SMILES string of the molecule is C=CCNC(=NCc1cccnc1N1CCCC(C(N)=O)C1)NCC.I. The Kier molecular flexibility index (Phi) is 10.0. The van der Waals surface area contributed by atoms with Crippen molar-refractivity contribution in [1.82, 2.24) is 15.6 Å². The van der Waals surface area contributed by atoms with Crippen LogP contribution in [0.4, 0.5) is 5.82 Å². The molecule has 1 saturated heterocycles. The van der Waals surface area contributed by atoms with Crippen LogP contribution < -0.4 is 21.3 Å². The number of hydrogen-bond donors (Lipinski definition) is 3. The Morgan fingerprint density at radius 3 is 3.04 bits per heavy atom. The number of aliphatic imine (C=N–C) groups is 1. The van der Waals surface area contributed by atoms with E-state index in [0.717, 1.165) is 43.3 Å². The summed E-state index contributed by atoms with van der Waals surface area (Å²) in [6.45, 7) is 9.18. The minimum Gasteiger partial charge on any atom is -0.369 e. The fraction of sp³-hybridized carbons (Fsp3) is 0.500. The number of primary amides is 1. The highest BCUT2D eigenvalue weighted by Gasteiger charge is 2.25. The number of nitrogens with one attached hydrogen (secondary N) is 2. The van der Waals surface area contributed by atoms with E-state index in [9.17, 15) is 4.79 Å². The summed E-state index contributed by atoms with van der Waals surface area (Å²) in [6.07, 6.45) is 5.36. The third-order valence-corrected chi connectivity index (χ3v) is 4.16. The van der Waals surface area contributed by atoms with Gasteiger partial charge in [0.15, 0.2) is 5.96 Å². The number of nitrogens with two attached hydrogens (primary N) is 1. The summed E-state index contributed by atoms with van der Waals surface area (Å²) >= 11 is 0. The van der Waals surface area contributed by atoms with Crippen LogP contribution in [0.2, 0.25) is 0 Å². The second kappa shape index (κ2) is 11.7. The molecule has 7 nitrogen and oxygen atoms in total. The first-order valence-electron chi connectivity index (χ1n) is 8.77. The lowest BCUT2D eigenvalue weighted by atomic mass is 9.97. The first-order valence-corrected chi connectivity index (χ1v) is 8.77. The van der Waals surface area contributed by atoms with E-state index in [1.54, 1.807) is 12.3 Å². The molecule has 26 heavy (non-hydrogen) atoms. The molecule has 4 N–H and O–H groups in total. The van der Waals surface area contributed by atoms with Crippen molar-refractivity contribution >= 4 is 41.7 Å². The Hall–Kier alpha value is -1.84. The Labute approximate surface area is 172 Å². The smallest absolute Gasteiger partial charge is 0.222 e. The maximum atomic E-state index is 11.5. The average Bonchev–Trinajstić information content (AvgIpc) is 2.64. The number of piperidine rings is 1. The molecular weight excluding hydrogens is 443 g/mol. The number of rotatable bonds is 7. The first kappa shape index (κ1) is 22.2. The van der Waals surface area contributed by atoms with Crippen molar-refractivity contribution in [3.63, 3.8) is 0 Å². The number of anilines is 1. The van der Waals surface area contributed by atoms with Crippen LogP contribution in [0.15, 0.2) is 36.0 Å². The number of aromatic nitrogens is 1. The highest BCUT2D eigenvalue weighted by molar-refractivity contribution is 14.0. The van der Waals surface area contributed by atoms with Gasteiger partial charge in [0, 0.05) is 37.9 Å². The van der Waals surface area contributed by atoms with Crippen LogP contribution >= 0.6 is 24.0 Å². The van der Waals surface area contributed by atoms with Gasteiger partial charge in [-0.05, 0) is 25.8 Å². The molecule has 0 saturated carbocycles. The molecule has 144 valence electrons. The predicted octanol–water partition coefficient (Wildman–Crippen LogP) is 1.64. The maximum Gasteiger partial charge on any atom is 0.222 e. The topological polar surface area (TPSA) is 95.6 Å². The number of nitrogens with zero attached hydrogens (tertiary/aromatic N) is 3. The molecule has 0 aromatic carbocycles. The third kappa shape index (κ3) is 6.47. The first-order chi connectivity index (χ1) is 12.2. The molecule has 1 aliphatic rings. The van der Waals surface area contributed by atoms with Crippen LogP contribution in [0.25, 0.3) is 0 Å². The van der Waals surface area contributed by atoms with Crippen LogP contribution in [0.5, 0.6) is 0 Å². The minimum absolute atomic E-state index is 0. The van der Waals surface area contributed by atoms with Crippen molar-refractivity contribution in [2.75, 3.05) is 31.1 Å². The summed E-state index contributed by atoms with van der Waals surface area (Å²) in [7, 11) is 0. The second-order valence-electron chi connectivity index (χ2n) is 6.04. The number of hydrogen-bond acceptors (Lipinski definition) is 4. The van der Waals surface area contributed by atoms with Gasteiger partial charge in [-0.2, -0.15) is 0 Å². The molecule has 0 spiro atoms. The maximum absolute atomic E-state index is 11.5. The Bertz CT molecular complexity index is 621. The van der Waals surface area contributed by atoms with Crippen molar-refractivity contribution < 1.29 is 4.79 Å². The van der Waals surface area contributed by atoms with Crippen LogP contribution in [-0.4, -0.2) is 43.0 Å². The van der Waals surface area contributed by atoms with Crippen molar-refractivity contribution in [2.45, 2.75) is 26.3 Å². The summed E-state index contributed by atoms with van der Waals surface area (Å²) in [6, 6.07) is 3.94. The van der Waals surface area contributed by atoms with Crippen LogP contribution in [0.3, 0.4) is 0 Å². The summed E-state index contributed by atoms with van der Waals surface area (Å²) in [5, 5.41) is 6.39. The van der Waals surface area contributed by atoms with Crippen molar-refractivity contribution in [1.29, 1.82) is 0 Å². The highest BCUT2D eigenvalue weighted by atomic mass is 127. The van der Waals surface area contributed by atoms with Gasteiger partial charge in [-0.3, -0.25) is 4.79 Å². The monoisotopic (exact) mass is 472 g/mol. The molecule has 2 heterocycles. The fourth-order valence-corrected chi connectivity index (χ4v) is 2.91. The largest absolute Gasteiger partial charge is 0.369 e. The molecule has 1 fully saturated rings. The van der Waals surface area contributed by atoms with E-state index in [2.05, 4.69) is 32.1 Å². The number of carbonyl (C=O) groups is 1. The number of halogens is 1. The minimum atomic E-state index is -0.233. The van der Waals surface area contributed by atoms with Gasteiger partial charge in [-0.15, -0.1) is 30.6 Å². The predicted molar refractivity (Wildman–Crippen MR) is 117 cm³/mol. The Balaban J connectivity index is 0.00000338. The summed E-state index contributed by atoms with van der Waals surface area (Å²) in [5.41, 5.74) is 6.52. The van der Waals surface area contributed by atoms with E-state index in [1.165, 1.54) is 0 Å². The van der Waals surface area contributed by atoms with Gasteiger partial charge < -0.3 is 21.3 Å². The number of carbonyl (C=O) groups excluding carboxylic acids is 1. The van der Waals surface area contributed by atoms with E-state index in [4.69, 9.17) is 5.73 Å². The van der Waals surface area contributed by atoms with Gasteiger partial charge in [0.2, 0.25) is 5.91 Å². The zero-order valence-electron chi connectivity index (χ0n) is 15.3. The van der Waals surface area contributed by atoms with Gasteiger partial charge in [0.1, 0.15) is 5.82 Å². The molecule has 2 rings (SSSR count). The molecular formula is C18H29IN6O. The van der Waals surface area contributed by atoms with Gasteiger partial charge >= 0.3 is 0 Å². The lowest BCUT2D eigenvalue weighted by Gasteiger charge is -2.33. The number of pyridine rings is 1. The second-order valence-corrected chi connectivity index (χ2v) is 6.04. The van der Waals surface area contributed by atoms with Crippen molar-refractivity contribution in [2.24, 2.45) is 16.6 Å². The standard InChI is InChI=1S/C18H28N6O.HI/c1-3-9-22-18(20-4-2)23-12-14-7-5-10-21-17(14)24-11-6-8-15(13-24)16(19)25;/h3,5,7,10,15H,1,4,6,8-9,11-13H2,2H3,(H2,19,25)(H2,20,22,23);1H. The zero-order chi connectivity index (χ0) is 18.1. The molecule has 1 unspecified atom stereocenters. The number of guanidine groups is 1. The quantitative estimate of drug-likeness (QED) is 0.243. The molecule has 1 amide bonds. The summed E-state index contributed by atoms with van der Waals surface area (Å²) < 4.78 is 0. The lowest BCUT2D eigenvalue weighted by Crippen LogP contribution is -2.42. The summed E-state index contributed by atoms with van der Waals surface area (Å²) in [4.78, 5) is 22.8. The molecule has 0 radical (unpaired) electrons. The van der Waals surface area contributed by atoms with Crippen LogP contribution in [-0.2, 0) is 11.3 Å². The van der Waals surface area contributed by atoms with Gasteiger partial charge in [0.05, 0.1) is 12.5 Å². The molecule has 1 atom stereocenters. The van der Waals surface area contributed by atoms with E-state index in [-0.39, 0.29) is 35.8 Å². The molecule has 1 aromatic rings. The molecule has 1 aliphatic heterocycles. The van der Waals surface area contributed by atoms with E-state index in [0.29, 0.717) is 19.6 Å². The van der Waals surface area contributed by atoms with E-state index < -0.39 is 0 Å². The highest BCUT2D eigenvalue weighted by Crippen LogP contribution is 2.24. The third-order valence-electron chi connectivity index (χ3n) is 4.16. The van der Waals surface area contributed by atoms with Gasteiger partial charge in [-0.1, -0.05) is 12.1 Å². The Morgan fingerprint density at radius 1 is 1.54 bits per heavy atom. The van der Waals surface area contributed by atoms with Gasteiger partial charge in [0.25, 0.3) is 0 Å². The lowest BCUT2D eigenvalue weighted by molar-refractivity contribution is -0.122. The van der Waals surface area contributed by atoms with E-state index >= 15 is 0 Å². The number of amides is 1. The van der Waals surface area contributed by atoms with Gasteiger partial charge in [-0.25, -0.2) is 9.98 Å². The van der Waals surface area contributed by atoms with Crippen LogP contribution in [0.1, 0.15) is 25.3 Å². The fourth-order valence-electron chi connectivity index (χ4n) is 2.91. The normalized spacial score (nSPS) is 17.2. The molecule has 0 bridgehead atoms. The van der Waals surface area contributed by atoms with E-state index in [1.807, 2.05) is 19.1 Å². The molecule has 0 aliphatic carbocycles. The van der Waals surface area contributed by atoms with Crippen molar-refractivity contribution in [3.8, 4) is 0 Å². The zero-order valence-corrected chi connectivity index (χ0v) is 17.6. The molecule has 8 heteroatoms. The Morgan fingerprint density at radius 2 is 2.35 bits per heavy atom. The van der Waals surface area contributed by atoms with Crippen molar-refractivity contribution in [3.05, 3.63) is 36.5 Å². The average molecular weight is 472 g/mol.